The van der Waals surface area contributed by atoms with Gasteiger partial charge in [-0.15, -0.1) is 0 Å². The van der Waals surface area contributed by atoms with Crippen molar-refractivity contribution in [3.8, 4) is 23.0 Å². The second kappa shape index (κ2) is 7.79. The number of H-pyrrole nitrogens is 1. The van der Waals surface area contributed by atoms with Crippen molar-refractivity contribution in [2.45, 2.75) is 52.2 Å². The molecule has 166 valence electrons. The van der Waals surface area contributed by atoms with Crippen molar-refractivity contribution in [1.82, 2.24) is 9.97 Å². The third kappa shape index (κ3) is 3.50. The van der Waals surface area contributed by atoms with E-state index in [9.17, 15) is 5.11 Å². The Labute approximate surface area is 195 Å². The van der Waals surface area contributed by atoms with E-state index in [0.29, 0.717) is 0 Å². The first kappa shape index (κ1) is 21.3. The average Bonchev–Trinajstić information content (AvgIpc) is 3.19. The van der Waals surface area contributed by atoms with Gasteiger partial charge in [0.15, 0.2) is 0 Å². The van der Waals surface area contributed by atoms with Gasteiger partial charge in [0.05, 0.1) is 17.2 Å². The summed E-state index contributed by atoms with van der Waals surface area (Å²) in [6, 6.07) is 12.5. The van der Waals surface area contributed by atoms with Gasteiger partial charge in [-0.05, 0) is 62.6 Å². The van der Waals surface area contributed by atoms with Crippen LogP contribution in [0.2, 0.25) is 0 Å². The standard InChI is InChI=1S/C29H29N3O/c1-17-14-24(23-10-6-9-21-18(2)15-31-27(21)23)22(12-11-20-8-7-13-30-16-20)25-19(3)28(33)29(4,5)32-26(17)25/h6-10,13-16,19,28,31-33H,1-5H3/t19-,28+/m1/s1. The number of pyridine rings is 1. The zero-order valence-electron chi connectivity index (χ0n) is 19.7. The van der Waals surface area contributed by atoms with Crippen molar-refractivity contribution >= 4 is 16.6 Å². The van der Waals surface area contributed by atoms with Crippen LogP contribution >= 0.6 is 0 Å². The molecule has 3 heterocycles. The molecule has 2 atom stereocenters. The van der Waals surface area contributed by atoms with Gasteiger partial charge in [0, 0.05) is 57.8 Å². The predicted molar refractivity (Wildman–Crippen MR) is 136 cm³/mol. The normalized spacial score (nSPS) is 18.8. The van der Waals surface area contributed by atoms with Crippen molar-refractivity contribution in [1.29, 1.82) is 0 Å². The van der Waals surface area contributed by atoms with Crippen molar-refractivity contribution in [2.24, 2.45) is 0 Å². The van der Waals surface area contributed by atoms with E-state index < -0.39 is 11.6 Å². The maximum atomic E-state index is 11.2. The largest absolute Gasteiger partial charge is 0.390 e. The van der Waals surface area contributed by atoms with Gasteiger partial charge < -0.3 is 15.4 Å². The van der Waals surface area contributed by atoms with E-state index >= 15 is 0 Å². The lowest BCUT2D eigenvalue weighted by Gasteiger charge is -2.43. The van der Waals surface area contributed by atoms with Crippen molar-refractivity contribution in [3.63, 3.8) is 0 Å². The minimum absolute atomic E-state index is 0.0716. The Morgan fingerprint density at radius 1 is 1.03 bits per heavy atom. The SMILES string of the molecule is Cc1cc(-c2cccc3c(C)c[nH]c23)c(C#Cc2cccnc2)c2c1NC(C)(C)[C@@H](O)[C@@H]2C. The summed E-state index contributed by atoms with van der Waals surface area (Å²) in [5, 5.41) is 16.0. The van der Waals surface area contributed by atoms with E-state index in [4.69, 9.17) is 0 Å². The Balaban J connectivity index is 1.83. The number of hydrogen-bond donors (Lipinski definition) is 3. The number of aryl methyl sites for hydroxylation is 2. The van der Waals surface area contributed by atoms with Crippen LogP contribution in [-0.4, -0.2) is 26.7 Å². The molecule has 0 unspecified atom stereocenters. The second-order valence-corrected chi connectivity index (χ2v) is 9.68. The van der Waals surface area contributed by atoms with Gasteiger partial charge >= 0.3 is 0 Å². The van der Waals surface area contributed by atoms with E-state index in [1.54, 1.807) is 12.4 Å². The molecule has 1 aliphatic heterocycles. The number of fused-ring (bicyclic) bond motifs is 2. The number of hydrogen-bond acceptors (Lipinski definition) is 3. The molecule has 1 aliphatic rings. The molecular formula is C29H29N3O. The topological polar surface area (TPSA) is 60.9 Å². The van der Waals surface area contributed by atoms with Gasteiger partial charge in [0.25, 0.3) is 0 Å². The van der Waals surface area contributed by atoms with E-state index in [1.807, 2.05) is 26.0 Å². The molecule has 0 bridgehead atoms. The van der Waals surface area contributed by atoms with Crippen LogP contribution in [0.3, 0.4) is 0 Å². The Hall–Kier alpha value is -3.55. The molecule has 4 nitrogen and oxygen atoms in total. The number of aromatic amines is 1. The van der Waals surface area contributed by atoms with Crippen LogP contribution in [0, 0.1) is 25.7 Å². The highest BCUT2D eigenvalue weighted by Crippen LogP contribution is 2.46. The highest BCUT2D eigenvalue weighted by atomic mass is 16.3. The molecule has 0 saturated heterocycles. The number of aliphatic hydroxyl groups excluding tert-OH is 1. The van der Waals surface area contributed by atoms with E-state index in [-0.39, 0.29) is 5.92 Å². The summed E-state index contributed by atoms with van der Waals surface area (Å²) in [6.07, 6.45) is 5.05. The van der Waals surface area contributed by atoms with Crippen LogP contribution < -0.4 is 5.32 Å². The molecule has 0 fully saturated rings. The third-order valence-electron chi connectivity index (χ3n) is 6.88. The Morgan fingerprint density at radius 3 is 2.61 bits per heavy atom. The van der Waals surface area contributed by atoms with E-state index in [1.165, 1.54) is 10.9 Å². The fraction of sp³-hybridized carbons (Fsp3) is 0.276. The van der Waals surface area contributed by atoms with Crippen LogP contribution in [0.1, 0.15) is 54.5 Å². The minimum atomic E-state index is -0.540. The van der Waals surface area contributed by atoms with E-state index in [0.717, 1.165) is 44.6 Å². The lowest BCUT2D eigenvalue weighted by atomic mass is 9.75. The third-order valence-corrected chi connectivity index (χ3v) is 6.88. The fourth-order valence-corrected chi connectivity index (χ4v) is 5.08. The van der Waals surface area contributed by atoms with Crippen LogP contribution in [0.15, 0.2) is 55.0 Å². The molecule has 4 aromatic rings. The van der Waals surface area contributed by atoms with Gasteiger partial charge in [0.1, 0.15) is 0 Å². The Bertz CT molecular complexity index is 1420. The first-order valence-electron chi connectivity index (χ1n) is 11.4. The molecule has 33 heavy (non-hydrogen) atoms. The summed E-state index contributed by atoms with van der Waals surface area (Å²) in [6.45, 7) is 10.5. The predicted octanol–water partition coefficient (Wildman–Crippen LogP) is 5.92. The average molecular weight is 436 g/mol. The first-order valence-corrected chi connectivity index (χ1v) is 11.4. The zero-order chi connectivity index (χ0) is 23.3. The molecule has 2 aromatic heterocycles. The van der Waals surface area contributed by atoms with Gasteiger partial charge in [-0.1, -0.05) is 37.0 Å². The summed E-state index contributed by atoms with van der Waals surface area (Å²) >= 11 is 0. The van der Waals surface area contributed by atoms with Crippen molar-refractivity contribution in [2.75, 3.05) is 5.32 Å². The van der Waals surface area contributed by atoms with Crippen molar-refractivity contribution in [3.05, 3.63) is 82.8 Å². The molecule has 0 radical (unpaired) electrons. The number of anilines is 1. The van der Waals surface area contributed by atoms with Gasteiger partial charge in [-0.2, -0.15) is 0 Å². The molecule has 0 amide bonds. The second-order valence-electron chi connectivity index (χ2n) is 9.68. The Kier molecular flexibility index (Phi) is 5.03. The van der Waals surface area contributed by atoms with Gasteiger partial charge in [-0.25, -0.2) is 0 Å². The summed E-state index contributed by atoms with van der Waals surface area (Å²) in [7, 11) is 0. The van der Waals surface area contributed by atoms with Gasteiger partial charge in [0.2, 0.25) is 0 Å². The summed E-state index contributed by atoms with van der Waals surface area (Å²) < 4.78 is 0. The van der Waals surface area contributed by atoms with Crippen LogP contribution in [0.25, 0.3) is 22.0 Å². The lowest BCUT2D eigenvalue weighted by Crippen LogP contribution is -2.50. The first-order chi connectivity index (χ1) is 15.8. The highest BCUT2D eigenvalue weighted by Gasteiger charge is 2.40. The number of rotatable bonds is 1. The minimum Gasteiger partial charge on any atom is -0.390 e. The molecule has 0 saturated carbocycles. The number of para-hydroxylation sites is 1. The number of nitrogens with zero attached hydrogens (tertiary/aromatic N) is 1. The fourth-order valence-electron chi connectivity index (χ4n) is 5.08. The van der Waals surface area contributed by atoms with Crippen LogP contribution in [-0.2, 0) is 0 Å². The summed E-state index contributed by atoms with van der Waals surface area (Å²) in [5.74, 6) is 6.72. The number of nitrogens with one attached hydrogen (secondary N) is 2. The number of aliphatic hydroxyl groups is 1. The number of aromatic nitrogens is 2. The number of benzene rings is 2. The molecule has 0 spiro atoms. The molecule has 0 aliphatic carbocycles. The van der Waals surface area contributed by atoms with Crippen LogP contribution in [0.4, 0.5) is 5.69 Å². The van der Waals surface area contributed by atoms with Crippen molar-refractivity contribution < 1.29 is 5.11 Å². The smallest absolute Gasteiger partial charge is 0.0831 e. The quantitative estimate of drug-likeness (QED) is 0.326. The zero-order valence-corrected chi connectivity index (χ0v) is 19.7. The molecular weight excluding hydrogens is 406 g/mol. The Morgan fingerprint density at radius 2 is 1.85 bits per heavy atom. The lowest BCUT2D eigenvalue weighted by molar-refractivity contribution is 0.0868. The summed E-state index contributed by atoms with van der Waals surface area (Å²) in [4.78, 5) is 7.67. The monoisotopic (exact) mass is 435 g/mol. The maximum Gasteiger partial charge on any atom is 0.0831 e. The van der Waals surface area contributed by atoms with Crippen LogP contribution in [0.5, 0.6) is 0 Å². The molecule has 5 rings (SSSR count). The van der Waals surface area contributed by atoms with E-state index in [2.05, 4.69) is 78.4 Å². The highest BCUT2D eigenvalue weighted by molar-refractivity contribution is 5.98. The molecule has 2 aromatic carbocycles. The molecule has 4 heteroatoms. The summed E-state index contributed by atoms with van der Waals surface area (Å²) in [5.41, 5.74) is 9.22. The van der Waals surface area contributed by atoms with Gasteiger partial charge in [-0.3, -0.25) is 4.98 Å². The molecule has 3 N–H and O–H groups in total. The maximum absolute atomic E-state index is 11.2.